The van der Waals surface area contributed by atoms with Gasteiger partial charge in [0.2, 0.25) is 0 Å². The SMILES string of the molecule is C#CC(=O)NC(CC)(CC)CO. The number of hydrogen-bond donors (Lipinski definition) is 2. The standard InChI is InChI=1S/C9H15NO2/c1-4-8(12)10-9(5-2,6-3)7-11/h1,11H,5-7H2,2-3H3,(H,10,12). The molecule has 0 saturated carbocycles. The summed E-state index contributed by atoms with van der Waals surface area (Å²) in [5.41, 5.74) is -0.538. The van der Waals surface area contributed by atoms with Crippen molar-refractivity contribution in [2.24, 2.45) is 0 Å². The average molecular weight is 169 g/mol. The van der Waals surface area contributed by atoms with Crippen molar-refractivity contribution in [2.75, 3.05) is 6.61 Å². The number of aliphatic hydroxyl groups excluding tert-OH is 1. The molecule has 0 aliphatic rings. The number of terminal acetylenes is 1. The molecule has 0 aromatic heterocycles. The van der Waals surface area contributed by atoms with Gasteiger partial charge in [0, 0.05) is 0 Å². The van der Waals surface area contributed by atoms with Gasteiger partial charge >= 0.3 is 0 Å². The Balaban J connectivity index is 4.32. The van der Waals surface area contributed by atoms with Crippen molar-refractivity contribution in [1.29, 1.82) is 0 Å². The van der Waals surface area contributed by atoms with Crippen LogP contribution in [-0.4, -0.2) is 23.2 Å². The second-order valence-electron chi connectivity index (χ2n) is 2.74. The van der Waals surface area contributed by atoms with E-state index in [2.05, 4.69) is 5.32 Å². The first-order chi connectivity index (χ1) is 5.64. The van der Waals surface area contributed by atoms with Crippen LogP contribution in [0.15, 0.2) is 0 Å². The zero-order valence-corrected chi connectivity index (χ0v) is 7.55. The van der Waals surface area contributed by atoms with E-state index >= 15 is 0 Å². The minimum absolute atomic E-state index is 0.0760. The Kier molecular flexibility index (Phi) is 4.38. The minimum atomic E-state index is -0.538. The van der Waals surface area contributed by atoms with Crippen LogP contribution in [0, 0.1) is 12.3 Å². The smallest absolute Gasteiger partial charge is 0.296 e. The van der Waals surface area contributed by atoms with Gasteiger partial charge in [0.15, 0.2) is 0 Å². The second-order valence-corrected chi connectivity index (χ2v) is 2.74. The lowest BCUT2D eigenvalue weighted by atomic mass is 9.94. The van der Waals surface area contributed by atoms with Crippen LogP contribution in [0.5, 0.6) is 0 Å². The van der Waals surface area contributed by atoms with Gasteiger partial charge in [-0.1, -0.05) is 13.8 Å². The van der Waals surface area contributed by atoms with Crippen molar-refractivity contribution in [3.8, 4) is 12.3 Å². The van der Waals surface area contributed by atoms with E-state index in [1.165, 1.54) is 0 Å². The van der Waals surface area contributed by atoms with Crippen LogP contribution in [0.25, 0.3) is 0 Å². The third kappa shape index (κ3) is 2.55. The Morgan fingerprint density at radius 3 is 2.33 bits per heavy atom. The zero-order valence-electron chi connectivity index (χ0n) is 7.55. The van der Waals surface area contributed by atoms with E-state index in [0.717, 1.165) is 0 Å². The van der Waals surface area contributed by atoms with Crippen molar-refractivity contribution in [2.45, 2.75) is 32.2 Å². The van der Waals surface area contributed by atoms with Gasteiger partial charge < -0.3 is 10.4 Å². The van der Waals surface area contributed by atoms with Gasteiger partial charge in [-0.25, -0.2) is 0 Å². The highest BCUT2D eigenvalue weighted by molar-refractivity contribution is 5.93. The van der Waals surface area contributed by atoms with Crippen molar-refractivity contribution in [3.63, 3.8) is 0 Å². The van der Waals surface area contributed by atoms with E-state index in [1.54, 1.807) is 0 Å². The molecule has 0 spiro atoms. The molecule has 0 aromatic rings. The lowest BCUT2D eigenvalue weighted by Gasteiger charge is -2.29. The van der Waals surface area contributed by atoms with Crippen molar-refractivity contribution >= 4 is 5.91 Å². The molecule has 0 fully saturated rings. The molecule has 12 heavy (non-hydrogen) atoms. The fraction of sp³-hybridized carbons (Fsp3) is 0.667. The first-order valence-corrected chi connectivity index (χ1v) is 4.03. The molecule has 0 aliphatic carbocycles. The summed E-state index contributed by atoms with van der Waals surface area (Å²) in [6.45, 7) is 3.72. The molecule has 0 radical (unpaired) electrons. The van der Waals surface area contributed by atoms with Gasteiger partial charge in [0.25, 0.3) is 5.91 Å². The molecule has 3 heteroatoms. The lowest BCUT2D eigenvalue weighted by Crippen LogP contribution is -2.50. The Morgan fingerprint density at radius 1 is 1.58 bits per heavy atom. The molecular weight excluding hydrogens is 154 g/mol. The van der Waals surface area contributed by atoms with E-state index in [9.17, 15) is 4.79 Å². The van der Waals surface area contributed by atoms with Crippen LogP contribution in [-0.2, 0) is 4.79 Å². The Bertz CT molecular complexity index is 181. The predicted molar refractivity (Wildman–Crippen MR) is 47.4 cm³/mol. The summed E-state index contributed by atoms with van der Waals surface area (Å²) in [4.78, 5) is 10.8. The molecular formula is C9H15NO2. The van der Waals surface area contributed by atoms with Crippen LogP contribution < -0.4 is 5.32 Å². The average Bonchev–Trinajstić information content (AvgIpc) is 2.14. The summed E-state index contributed by atoms with van der Waals surface area (Å²) >= 11 is 0. The molecule has 0 rings (SSSR count). The number of amides is 1. The molecule has 0 atom stereocenters. The van der Waals surface area contributed by atoms with E-state index < -0.39 is 11.4 Å². The van der Waals surface area contributed by atoms with E-state index in [-0.39, 0.29) is 6.61 Å². The third-order valence-corrected chi connectivity index (χ3v) is 2.17. The molecule has 3 nitrogen and oxygen atoms in total. The molecule has 1 amide bonds. The number of hydrogen-bond acceptors (Lipinski definition) is 2. The fourth-order valence-electron chi connectivity index (χ4n) is 0.967. The molecule has 0 heterocycles. The third-order valence-electron chi connectivity index (χ3n) is 2.17. The molecule has 0 aromatic carbocycles. The van der Waals surface area contributed by atoms with Crippen LogP contribution in [0.1, 0.15) is 26.7 Å². The Hall–Kier alpha value is -1.01. The second kappa shape index (κ2) is 4.78. The highest BCUT2D eigenvalue weighted by Crippen LogP contribution is 2.13. The number of rotatable bonds is 4. The van der Waals surface area contributed by atoms with Crippen LogP contribution in [0.3, 0.4) is 0 Å². The molecule has 0 unspecified atom stereocenters. The zero-order chi connectivity index (χ0) is 9.61. The topological polar surface area (TPSA) is 49.3 Å². The maximum absolute atomic E-state index is 10.8. The monoisotopic (exact) mass is 169 g/mol. The lowest BCUT2D eigenvalue weighted by molar-refractivity contribution is -0.118. The van der Waals surface area contributed by atoms with E-state index in [1.807, 2.05) is 19.8 Å². The molecule has 0 saturated heterocycles. The summed E-state index contributed by atoms with van der Waals surface area (Å²) in [5, 5.41) is 11.6. The number of aliphatic hydroxyl groups is 1. The number of nitrogens with one attached hydrogen (secondary N) is 1. The van der Waals surface area contributed by atoms with E-state index in [4.69, 9.17) is 11.5 Å². The maximum atomic E-state index is 10.8. The number of carbonyl (C=O) groups excluding carboxylic acids is 1. The van der Waals surface area contributed by atoms with Gasteiger partial charge in [-0.2, -0.15) is 0 Å². The molecule has 0 bridgehead atoms. The molecule has 2 N–H and O–H groups in total. The first-order valence-electron chi connectivity index (χ1n) is 4.03. The van der Waals surface area contributed by atoms with Gasteiger partial charge in [0.1, 0.15) is 0 Å². The highest BCUT2D eigenvalue weighted by atomic mass is 16.3. The normalized spacial score (nSPS) is 10.5. The van der Waals surface area contributed by atoms with Gasteiger partial charge in [-0.05, 0) is 18.8 Å². The van der Waals surface area contributed by atoms with Gasteiger partial charge in [-0.15, -0.1) is 6.42 Å². The summed E-state index contributed by atoms with van der Waals surface area (Å²) in [7, 11) is 0. The maximum Gasteiger partial charge on any atom is 0.296 e. The summed E-state index contributed by atoms with van der Waals surface area (Å²) in [6.07, 6.45) is 6.25. The minimum Gasteiger partial charge on any atom is -0.394 e. The van der Waals surface area contributed by atoms with Crippen LogP contribution >= 0.6 is 0 Å². The predicted octanol–water partition coefficient (Wildman–Crippen LogP) is 0.287. The van der Waals surface area contributed by atoms with Crippen molar-refractivity contribution < 1.29 is 9.90 Å². The summed E-state index contributed by atoms with van der Waals surface area (Å²) < 4.78 is 0. The highest BCUT2D eigenvalue weighted by Gasteiger charge is 2.26. The molecule has 68 valence electrons. The largest absolute Gasteiger partial charge is 0.394 e. The summed E-state index contributed by atoms with van der Waals surface area (Å²) in [5.74, 6) is 1.50. The van der Waals surface area contributed by atoms with Gasteiger partial charge in [0.05, 0.1) is 12.1 Å². The van der Waals surface area contributed by atoms with E-state index in [0.29, 0.717) is 12.8 Å². The van der Waals surface area contributed by atoms with Gasteiger partial charge in [-0.3, -0.25) is 4.79 Å². The molecule has 0 aliphatic heterocycles. The van der Waals surface area contributed by atoms with Crippen LogP contribution in [0.4, 0.5) is 0 Å². The van der Waals surface area contributed by atoms with Crippen molar-refractivity contribution in [3.05, 3.63) is 0 Å². The fourth-order valence-corrected chi connectivity index (χ4v) is 0.967. The quantitative estimate of drug-likeness (QED) is 0.594. The van der Waals surface area contributed by atoms with Crippen molar-refractivity contribution in [1.82, 2.24) is 5.32 Å². The first kappa shape index (κ1) is 11.0. The number of carbonyl (C=O) groups is 1. The summed E-state index contributed by atoms with van der Waals surface area (Å²) in [6, 6.07) is 0. The Labute approximate surface area is 73.2 Å². The Morgan fingerprint density at radius 2 is 2.08 bits per heavy atom. The van der Waals surface area contributed by atoms with Crippen LogP contribution in [0.2, 0.25) is 0 Å².